The maximum Gasteiger partial charge on any atom is 0.144 e. The van der Waals surface area contributed by atoms with Crippen LogP contribution in [0.3, 0.4) is 0 Å². The van der Waals surface area contributed by atoms with Crippen molar-refractivity contribution in [3.63, 3.8) is 0 Å². The standard InChI is InChI=1S/C20H34O2/c1-7-8-18(5,6)16(22)20-12-9-19(10-13-20,11-14-20)15(21)17(2,3)4/h7-14H2,1-6H3. The molecule has 0 unspecified atom stereocenters. The summed E-state index contributed by atoms with van der Waals surface area (Å²) < 4.78 is 0. The first-order valence-corrected chi connectivity index (χ1v) is 9.09. The van der Waals surface area contributed by atoms with Gasteiger partial charge >= 0.3 is 0 Å². The van der Waals surface area contributed by atoms with Crippen LogP contribution in [0.4, 0.5) is 0 Å². The first-order chi connectivity index (χ1) is 9.99. The van der Waals surface area contributed by atoms with E-state index in [2.05, 4.69) is 20.8 Å². The molecule has 0 aromatic rings. The van der Waals surface area contributed by atoms with Gasteiger partial charge in [0, 0.05) is 21.7 Å². The second-order valence-electron chi connectivity index (χ2n) is 9.60. The van der Waals surface area contributed by atoms with Gasteiger partial charge in [0.25, 0.3) is 0 Å². The molecule has 0 aliphatic heterocycles. The molecule has 3 aliphatic rings. The third-order valence-corrected chi connectivity index (χ3v) is 6.38. The van der Waals surface area contributed by atoms with Crippen LogP contribution in [0, 0.1) is 21.7 Å². The number of carbonyl (C=O) groups excluding carboxylic acids is 2. The van der Waals surface area contributed by atoms with Crippen molar-refractivity contribution in [2.75, 3.05) is 0 Å². The number of hydrogen-bond donors (Lipinski definition) is 0. The normalized spacial score (nSPS) is 32.1. The highest BCUT2D eigenvalue weighted by molar-refractivity contribution is 5.93. The zero-order valence-electron chi connectivity index (χ0n) is 15.5. The van der Waals surface area contributed by atoms with Gasteiger partial charge in [0.2, 0.25) is 0 Å². The molecule has 3 aliphatic carbocycles. The van der Waals surface area contributed by atoms with Crippen molar-refractivity contribution in [2.24, 2.45) is 21.7 Å². The number of carbonyl (C=O) groups is 2. The van der Waals surface area contributed by atoms with E-state index in [0.717, 1.165) is 51.4 Å². The SMILES string of the molecule is CCCC(C)(C)C(=O)C12CCC(C(=O)C(C)(C)C)(CC1)CC2. The van der Waals surface area contributed by atoms with Crippen molar-refractivity contribution in [3.05, 3.63) is 0 Å². The molecule has 126 valence electrons. The summed E-state index contributed by atoms with van der Waals surface area (Å²) >= 11 is 0. The van der Waals surface area contributed by atoms with Crippen molar-refractivity contribution in [3.8, 4) is 0 Å². The van der Waals surface area contributed by atoms with Crippen molar-refractivity contribution < 1.29 is 9.59 Å². The van der Waals surface area contributed by atoms with Gasteiger partial charge in [-0.05, 0) is 44.9 Å². The Balaban J connectivity index is 2.17. The van der Waals surface area contributed by atoms with Crippen LogP contribution in [0.15, 0.2) is 0 Å². The minimum Gasteiger partial charge on any atom is -0.298 e. The predicted molar refractivity (Wildman–Crippen MR) is 90.7 cm³/mol. The van der Waals surface area contributed by atoms with Crippen LogP contribution in [-0.4, -0.2) is 11.6 Å². The average molecular weight is 306 g/mol. The molecule has 22 heavy (non-hydrogen) atoms. The Morgan fingerprint density at radius 2 is 1.14 bits per heavy atom. The molecule has 0 saturated heterocycles. The van der Waals surface area contributed by atoms with Gasteiger partial charge in [-0.2, -0.15) is 0 Å². The predicted octanol–water partition coefficient (Wildman–Crippen LogP) is 5.34. The van der Waals surface area contributed by atoms with Crippen LogP contribution in [0.2, 0.25) is 0 Å². The molecular weight excluding hydrogens is 272 g/mol. The van der Waals surface area contributed by atoms with Gasteiger partial charge in [-0.3, -0.25) is 9.59 Å². The largest absolute Gasteiger partial charge is 0.298 e. The van der Waals surface area contributed by atoms with Crippen LogP contribution in [0.5, 0.6) is 0 Å². The topological polar surface area (TPSA) is 34.1 Å². The van der Waals surface area contributed by atoms with E-state index in [1.807, 2.05) is 20.8 Å². The van der Waals surface area contributed by atoms with Gasteiger partial charge in [0.15, 0.2) is 0 Å². The summed E-state index contributed by atoms with van der Waals surface area (Å²) in [5.74, 6) is 0.895. The highest BCUT2D eigenvalue weighted by Gasteiger charge is 2.58. The monoisotopic (exact) mass is 306 g/mol. The van der Waals surface area contributed by atoms with Crippen molar-refractivity contribution in [1.29, 1.82) is 0 Å². The Kier molecular flexibility index (Phi) is 4.39. The number of Topliss-reactive ketones (excluding diaryl/α,β-unsaturated/α-hetero) is 2. The van der Waals surface area contributed by atoms with Gasteiger partial charge in [0.05, 0.1) is 0 Å². The lowest BCUT2D eigenvalue weighted by Crippen LogP contribution is -2.54. The quantitative estimate of drug-likeness (QED) is 0.687. The highest BCUT2D eigenvalue weighted by atomic mass is 16.1. The highest BCUT2D eigenvalue weighted by Crippen LogP contribution is 2.60. The molecule has 2 nitrogen and oxygen atoms in total. The van der Waals surface area contributed by atoms with Crippen molar-refractivity contribution >= 4 is 11.6 Å². The zero-order valence-corrected chi connectivity index (χ0v) is 15.5. The molecule has 0 N–H and O–H groups in total. The Hall–Kier alpha value is -0.660. The molecule has 0 amide bonds. The third kappa shape index (κ3) is 2.78. The van der Waals surface area contributed by atoms with Gasteiger partial charge in [0.1, 0.15) is 11.6 Å². The Morgan fingerprint density at radius 1 is 0.773 bits per heavy atom. The summed E-state index contributed by atoms with van der Waals surface area (Å²) in [5, 5.41) is 0. The molecule has 2 bridgehead atoms. The second kappa shape index (κ2) is 5.46. The molecule has 0 aromatic carbocycles. The third-order valence-electron chi connectivity index (χ3n) is 6.38. The second-order valence-corrected chi connectivity index (χ2v) is 9.60. The van der Waals surface area contributed by atoms with Gasteiger partial charge in [-0.25, -0.2) is 0 Å². The fourth-order valence-electron chi connectivity index (χ4n) is 5.12. The van der Waals surface area contributed by atoms with Gasteiger partial charge in [-0.1, -0.05) is 48.0 Å². The van der Waals surface area contributed by atoms with Crippen LogP contribution in [-0.2, 0) is 9.59 Å². The lowest BCUT2D eigenvalue weighted by Gasteiger charge is -2.54. The number of ketones is 2. The molecular formula is C20H34O2. The molecule has 0 aromatic heterocycles. The summed E-state index contributed by atoms with van der Waals surface area (Å²) in [4.78, 5) is 26.1. The van der Waals surface area contributed by atoms with Crippen molar-refractivity contribution in [2.45, 2.75) is 92.9 Å². The lowest BCUT2D eigenvalue weighted by molar-refractivity contribution is -0.157. The Morgan fingerprint density at radius 3 is 1.45 bits per heavy atom. The van der Waals surface area contributed by atoms with Crippen LogP contribution in [0.1, 0.15) is 92.9 Å². The smallest absolute Gasteiger partial charge is 0.144 e. The molecule has 0 atom stereocenters. The summed E-state index contributed by atoms with van der Waals surface area (Å²) in [6.07, 6.45) is 7.61. The van der Waals surface area contributed by atoms with E-state index in [0.29, 0.717) is 11.6 Å². The van der Waals surface area contributed by atoms with Crippen LogP contribution < -0.4 is 0 Å². The van der Waals surface area contributed by atoms with E-state index in [-0.39, 0.29) is 21.7 Å². The maximum absolute atomic E-state index is 13.2. The molecule has 0 radical (unpaired) electrons. The fourth-order valence-corrected chi connectivity index (χ4v) is 5.12. The van der Waals surface area contributed by atoms with E-state index in [1.165, 1.54) is 0 Å². The molecule has 3 fully saturated rings. The van der Waals surface area contributed by atoms with E-state index >= 15 is 0 Å². The van der Waals surface area contributed by atoms with Crippen LogP contribution >= 0.6 is 0 Å². The summed E-state index contributed by atoms with van der Waals surface area (Å²) in [6.45, 7) is 12.5. The molecule has 3 rings (SSSR count). The first kappa shape index (κ1) is 17.7. The summed E-state index contributed by atoms with van der Waals surface area (Å²) in [5.41, 5.74) is -0.725. The first-order valence-electron chi connectivity index (χ1n) is 9.09. The molecule has 3 saturated carbocycles. The number of rotatable bonds is 5. The Bertz CT molecular complexity index is 440. The minimum absolute atomic E-state index is 0.126. The molecule has 0 heterocycles. The average Bonchev–Trinajstić information content (AvgIpc) is 2.46. The minimum atomic E-state index is -0.261. The van der Waals surface area contributed by atoms with E-state index in [1.54, 1.807) is 0 Å². The maximum atomic E-state index is 13.2. The molecule has 0 spiro atoms. The van der Waals surface area contributed by atoms with E-state index in [9.17, 15) is 9.59 Å². The van der Waals surface area contributed by atoms with Gasteiger partial charge < -0.3 is 0 Å². The lowest BCUT2D eigenvalue weighted by atomic mass is 9.47. The summed E-state index contributed by atoms with van der Waals surface area (Å²) in [7, 11) is 0. The number of fused-ring (bicyclic) bond motifs is 3. The molecule has 2 heteroatoms. The van der Waals surface area contributed by atoms with Gasteiger partial charge in [-0.15, -0.1) is 0 Å². The van der Waals surface area contributed by atoms with E-state index in [4.69, 9.17) is 0 Å². The van der Waals surface area contributed by atoms with Crippen molar-refractivity contribution in [1.82, 2.24) is 0 Å². The Labute approximate surface area is 136 Å². The summed E-state index contributed by atoms with van der Waals surface area (Å²) in [6, 6.07) is 0. The van der Waals surface area contributed by atoms with E-state index < -0.39 is 0 Å². The fraction of sp³-hybridized carbons (Fsp3) is 0.900. The number of hydrogen-bond acceptors (Lipinski definition) is 2. The van der Waals surface area contributed by atoms with Crippen LogP contribution in [0.25, 0.3) is 0 Å². The zero-order chi connectivity index (χ0) is 16.8.